The Morgan fingerprint density at radius 2 is 1.92 bits per heavy atom. The summed E-state index contributed by atoms with van der Waals surface area (Å²) in [7, 11) is 1.99. The Bertz CT molecular complexity index is 1030. The molecule has 0 bridgehead atoms. The number of aliphatic carboxylic acids is 1. The molecule has 26 heavy (non-hydrogen) atoms. The van der Waals surface area contributed by atoms with E-state index in [2.05, 4.69) is 10.2 Å². The molecule has 0 amide bonds. The lowest BCUT2D eigenvalue weighted by molar-refractivity contribution is -0.137. The number of aliphatic imine (C=N–C) groups is 1. The van der Waals surface area contributed by atoms with Gasteiger partial charge in [0, 0.05) is 30.1 Å². The molecule has 0 unspecified atom stereocenters. The molecular formula is C19H19N5O2. The van der Waals surface area contributed by atoms with Gasteiger partial charge in [-0.15, -0.1) is 10.2 Å². The number of nitrogens with zero attached hydrogens (tertiary/aromatic N) is 5. The Morgan fingerprint density at radius 1 is 1.19 bits per heavy atom. The Hall–Kier alpha value is -3.22. The van der Waals surface area contributed by atoms with E-state index < -0.39 is 12.0 Å². The molecule has 3 heterocycles. The number of carboxylic acids is 1. The number of hydrogen-bond donors (Lipinski definition) is 1. The third-order valence-electron chi connectivity index (χ3n) is 4.79. The number of carbonyl (C=O) groups is 1. The number of aryl methyl sites for hydroxylation is 2. The van der Waals surface area contributed by atoms with E-state index in [9.17, 15) is 9.90 Å². The van der Waals surface area contributed by atoms with Crippen LogP contribution in [-0.2, 0) is 11.8 Å². The average molecular weight is 349 g/mol. The van der Waals surface area contributed by atoms with E-state index in [4.69, 9.17) is 4.99 Å². The van der Waals surface area contributed by atoms with Gasteiger partial charge < -0.3 is 9.67 Å². The van der Waals surface area contributed by atoms with Crippen molar-refractivity contribution in [1.29, 1.82) is 0 Å². The van der Waals surface area contributed by atoms with E-state index in [0.717, 1.165) is 28.2 Å². The molecule has 1 N–H and O–H groups in total. The monoisotopic (exact) mass is 349 g/mol. The average Bonchev–Trinajstić information content (AvgIpc) is 3.08. The zero-order valence-electron chi connectivity index (χ0n) is 14.8. The van der Waals surface area contributed by atoms with Gasteiger partial charge in [0.05, 0.1) is 17.8 Å². The fourth-order valence-electron chi connectivity index (χ4n) is 3.46. The first-order valence-corrected chi connectivity index (χ1v) is 8.41. The van der Waals surface area contributed by atoms with E-state index in [0.29, 0.717) is 11.6 Å². The molecule has 1 aliphatic heterocycles. The van der Waals surface area contributed by atoms with Crippen molar-refractivity contribution in [2.45, 2.75) is 26.3 Å². The predicted molar refractivity (Wildman–Crippen MR) is 96.9 cm³/mol. The molecule has 3 aromatic rings. The van der Waals surface area contributed by atoms with Crippen LogP contribution in [0.1, 0.15) is 40.9 Å². The number of carboxylic acid groups (broad SMARTS) is 1. The van der Waals surface area contributed by atoms with Gasteiger partial charge >= 0.3 is 5.97 Å². The predicted octanol–water partition coefficient (Wildman–Crippen LogP) is 2.59. The van der Waals surface area contributed by atoms with Crippen molar-refractivity contribution in [3.05, 3.63) is 65.0 Å². The molecule has 0 saturated heterocycles. The Kier molecular flexibility index (Phi) is 3.72. The van der Waals surface area contributed by atoms with Crippen LogP contribution in [0.5, 0.6) is 0 Å². The number of aromatic nitrogens is 4. The first-order chi connectivity index (χ1) is 12.5. The highest BCUT2D eigenvalue weighted by molar-refractivity contribution is 6.16. The van der Waals surface area contributed by atoms with E-state index in [1.165, 1.54) is 0 Å². The van der Waals surface area contributed by atoms with E-state index in [-0.39, 0.29) is 6.42 Å². The second-order valence-electron chi connectivity index (χ2n) is 6.48. The molecule has 0 aliphatic carbocycles. The van der Waals surface area contributed by atoms with Crippen molar-refractivity contribution >= 4 is 11.7 Å². The minimum Gasteiger partial charge on any atom is -0.481 e. The highest BCUT2D eigenvalue weighted by Crippen LogP contribution is 2.34. The van der Waals surface area contributed by atoms with Crippen molar-refractivity contribution in [3.63, 3.8) is 0 Å². The van der Waals surface area contributed by atoms with Gasteiger partial charge in [0.25, 0.3) is 0 Å². The van der Waals surface area contributed by atoms with Gasteiger partial charge in [0.2, 0.25) is 0 Å². The lowest BCUT2D eigenvalue weighted by atomic mass is 10.0. The summed E-state index contributed by atoms with van der Waals surface area (Å²) in [5, 5.41) is 17.8. The van der Waals surface area contributed by atoms with Gasteiger partial charge in [0.1, 0.15) is 11.9 Å². The SMILES string of the molecule is Cc1c2c(cn1C)-n1c(C)nnc1[C@H](CC(=O)O)N=C2c1ccccc1. The fourth-order valence-corrected chi connectivity index (χ4v) is 3.46. The van der Waals surface area contributed by atoms with Crippen molar-refractivity contribution in [2.24, 2.45) is 12.0 Å². The zero-order chi connectivity index (χ0) is 18.4. The van der Waals surface area contributed by atoms with Crippen molar-refractivity contribution in [2.75, 3.05) is 0 Å². The van der Waals surface area contributed by atoms with Crippen molar-refractivity contribution in [3.8, 4) is 5.69 Å². The maximum Gasteiger partial charge on any atom is 0.306 e. The van der Waals surface area contributed by atoms with E-state index in [1.807, 2.05) is 66.6 Å². The summed E-state index contributed by atoms with van der Waals surface area (Å²) in [6, 6.07) is 9.25. The molecular weight excluding hydrogens is 330 g/mol. The Labute approximate surface area is 150 Å². The van der Waals surface area contributed by atoms with Crippen LogP contribution in [0.4, 0.5) is 0 Å². The van der Waals surface area contributed by atoms with Crippen LogP contribution in [0.3, 0.4) is 0 Å². The smallest absolute Gasteiger partial charge is 0.306 e. The minimum atomic E-state index is -0.915. The van der Waals surface area contributed by atoms with Gasteiger partial charge in [-0.05, 0) is 13.8 Å². The summed E-state index contributed by atoms with van der Waals surface area (Å²) in [5.74, 6) is 0.358. The second-order valence-corrected chi connectivity index (χ2v) is 6.48. The Balaban J connectivity index is 2.05. The summed E-state index contributed by atoms with van der Waals surface area (Å²) in [6.45, 7) is 3.90. The van der Waals surface area contributed by atoms with Crippen molar-refractivity contribution < 1.29 is 9.90 Å². The summed E-state index contributed by atoms with van der Waals surface area (Å²) in [5.41, 5.74) is 4.70. The molecule has 0 radical (unpaired) electrons. The molecule has 1 aromatic carbocycles. The molecule has 7 nitrogen and oxygen atoms in total. The second kappa shape index (κ2) is 5.94. The van der Waals surface area contributed by atoms with Gasteiger partial charge in [-0.2, -0.15) is 0 Å². The maximum absolute atomic E-state index is 11.4. The van der Waals surface area contributed by atoms with Gasteiger partial charge in [-0.3, -0.25) is 14.4 Å². The number of hydrogen-bond acceptors (Lipinski definition) is 4. The van der Waals surface area contributed by atoms with Crippen LogP contribution in [-0.4, -0.2) is 36.1 Å². The molecule has 4 rings (SSSR count). The third kappa shape index (κ3) is 2.44. The molecule has 0 spiro atoms. The number of rotatable bonds is 3. The normalized spacial score (nSPS) is 15.8. The van der Waals surface area contributed by atoms with Crippen LogP contribution in [0.15, 0.2) is 41.5 Å². The lowest BCUT2D eigenvalue weighted by Crippen LogP contribution is -2.11. The summed E-state index contributed by atoms with van der Waals surface area (Å²) >= 11 is 0. The zero-order valence-corrected chi connectivity index (χ0v) is 14.8. The van der Waals surface area contributed by atoms with E-state index in [1.54, 1.807) is 0 Å². The van der Waals surface area contributed by atoms with Crippen LogP contribution in [0.2, 0.25) is 0 Å². The van der Waals surface area contributed by atoms with Gasteiger partial charge in [-0.25, -0.2) is 0 Å². The van der Waals surface area contributed by atoms with Crippen LogP contribution in [0, 0.1) is 13.8 Å². The summed E-state index contributed by atoms with van der Waals surface area (Å²) < 4.78 is 3.97. The van der Waals surface area contributed by atoms with Crippen LogP contribution >= 0.6 is 0 Å². The topological polar surface area (TPSA) is 85.3 Å². The molecule has 1 atom stereocenters. The lowest BCUT2D eigenvalue weighted by Gasteiger charge is -2.11. The van der Waals surface area contributed by atoms with Crippen LogP contribution in [0.25, 0.3) is 5.69 Å². The van der Waals surface area contributed by atoms with E-state index >= 15 is 0 Å². The summed E-state index contributed by atoms with van der Waals surface area (Å²) in [6.07, 6.45) is 1.88. The standard InChI is InChI=1S/C19H19N5O2/c1-11-17-15(10-23(11)3)24-12(2)21-22-19(24)14(9-16(25)26)20-18(17)13-7-5-4-6-8-13/h4-8,10,14H,9H2,1-3H3,(H,25,26)/t14-/m0/s1. The molecule has 0 fully saturated rings. The quantitative estimate of drug-likeness (QED) is 0.787. The highest BCUT2D eigenvalue weighted by atomic mass is 16.4. The highest BCUT2D eigenvalue weighted by Gasteiger charge is 2.31. The Morgan fingerprint density at radius 3 is 2.62 bits per heavy atom. The largest absolute Gasteiger partial charge is 0.481 e. The van der Waals surface area contributed by atoms with Crippen molar-refractivity contribution in [1.82, 2.24) is 19.3 Å². The molecule has 132 valence electrons. The molecule has 1 aliphatic rings. The van der Waals surface area contributed by atoms with Gasteiger partial charge in [-0.1, -0.05) is 30.3 Å². The van der Waals surface area contributed by atoms with Crippen LogP contribution < -0.4 is 0 Å². The fraction of sp³-hybridized carbons (Fsp3) is 0.263. The maximum atomic E-state index is 11.4. The first-order valence-electron chi connectivity index (χ1n) is 8.41. The minimum absolute atomic E-state index is 0.135. The summed E-state index contributed by atoms with van der Waals surface area (Å²) in [4.78, 5) is 16.3. The molecule has 7 heteroatoms. The molecule has 2 aromatic heterocycles. The number of benzene rings is 1. The van der Waals surface area contributed by atoms with Gasteiger partial charge in [0.15, 0.2) is 5.82 Å². The molecule has 0 saturated carbocycles. The third-order valence-corrected chi connectivity index (χ3v) is 4.79. The number of fused-ring (bicyclic) bond motifs is 3. The first kappa shape index (κ1) is 16.3.